The van der Waals surface area contributed by atoms with Crippen molar-refractivity contribution in [3.05, 3.63) is 42.0 Å². The fourth-order valence-electron chi connectivity index (χ4n) is 2.29. The fraction of sp³-hybridized carbons (Fsp3) is 0.400. The Labute approximate surface area is 108 Å². The Hall–Kier alpha value is -1.61. The lowest BCUT2D eigenvalue weighted by molar-refractivity contribution is -0.130. The number of benzene rings is 1. The minimum absolute atomic E-state index is 0.0413. The summed E-state index contributed by atoms with van der Waals surface area (Å²) >= 11 is 0. The molecular formula is C15H19NO2. The van der Waals surface area contributed by atoms with E-state index in [2.05, 4.69) is 0 Å². The van der Waals surface area contributed by atoms with Gasteiger partial charge in [0.25, 0.3) is 0 Å². The molecular weight excluding hydrogens is 226 g/mol. The predicted molar refractivity (Wildman–Crippen MR) is 71.9 cm³/mol. The Morgan fingerprint density at radius 1 is 1.39 bits per heavy atom. The third-order valence-corrected chi connectivity index (χ3v) is 3.62. The quantitative estimate of drug-likeness (QED) is 0.810. The van der Waals surface area contributed by atoms with Crippen molar-refractivity contribution < 1.29 is 9.90 Å². The van der Waals surface area contributed by atoms with Crippen LogP contribution in [-0.2, 0) is 4.79 Å². The first-order chi connectivity index (χ1) is 8.51. The number of carbonyl (C=O) groups is 1. The van der Waals surface area contributed by atoms with E-state index in [1.165, 1.54) is 0 Å². The average molecular weight is 245 g/mol. The molecule has 1 aliphatic heterocycles. The van der Waals surface area contributed by atoms with Gasteiger partial charge in [0.2, 0.25) is 5.91 Å². The molecule has 3 heteroatoms. The van der Waals surface area contributed by atoms with Crippen molar-refractivity contribution in [1.29, 1.82) is 0 Å². The lowest BCUT2D eigenvalue weighted by atomic mass is 9.99. The Bertz CT molecular complexity index is 451. The molecule has 0 spiro atoms. The van der Waals surface area contributed by atoms with Gasteiger partial charge < -0.3 is 10.0 Å². The smallest absolute Gasteiger partial charge is 0.247 e. The topological polar surface area (TPSA) is 40.5 Å². The van der Waals surface area contributed by atoms with Crippen molar-refractivity contribution in [3.63, 3.8) is 0 Å². The van der Waals surface area contributed by atoms with Crippen molar-refractivity contribution in [2.45, 2.75) is 31.9 Å². The first kappa shape index (κ1) is 12.8. The van der Waals surface area contributed by atoms with Crippen LogP contribution in [0.25, 0.3) is 6.08 Å². The molecule has 1 aromatic carbocycles. The first-order valence-electron chi connectivity index (χ1n) is 6.24. The van der Waals surface area contributed by atoms with Gasteiger partial charge in [0, 0.05) is 12.6 Å². The number of hydrogen-bond donors (Lipinski definition) is 1. The van der Waals surface area contributed by atoms with E-state index in [1.807, 2.05) is 50.3 Å². The highest BCUT2D eigenvalue weighted by molar-refractivity contribution is 5.92. The van der Waals surface area contributed by atoms with Crippen LogP contribution in [0.1, 0.15) is 25.8 Å². The second-order valence-electron chi connectivity index (χ2n) is 5.19. The molecule has 1 heterocycles. The molecule has 0 radical (unpaired) electrons. The van der Waals surface area contributed by atoms with Crippen molar-refractivity contribution in [3.8, 4) is 0 Å². The van der Waals surface area contributed by atoms with E-state index in [-0.39, 0.29) is 5.91 Å². The van der Waals surface area contributed by atoms with E-state index in [9.17, 15) is 9.90 Å². The number of hydrogen-bond acceptors (Lipinski definition) is 2. The van der Waals surface area contributed by atoms with Crippen LogP contribution in [0.3, 0.4) is 0 Å². The summed E-state index contributed by atoms with van der Waals surface area (Å²) in [6.07, 6.45) is 3.60. The first-order valence-corrected chi connectivity index (χ1v) is 6.24. The lowest BCUT2D eigenvalue weighted by Crippen LogP contribution is -2.47. The van der Waals surface area contributed by atoms with Gasteiger partial charge in [0.1, 0.15) is 0 Å². The van der Waals surface area contributed by atoms with Gasteiger partial charge in [-0.25, -0.2) is 0 Å². The zero-order valence-electron chi connectivity index (χ0n) is 10.8. The summed E-state index contributed by atoms with van der Waals surface area (Å²) in [6, 6.07) is 9.72. The second kappa shape index (κ2) is 4.94. The molecule has 1 aliphatic rings. The average Bonchev–Trinajstić information content (AvgIpc) is 2.63. The largest absolute Gasteiger partial charge is 0.391 e. The molecule has 96 valence electrons. The third-order valence-electron chi connectivity index (χ3n) is 3.62. The van der Waals surface area contributed by atoms with Crippen molar-refractivity contribution >= 4 is 12.0 Å². The molecule has 1 N–H and O–H groups in total. The van der Waals surface area contributed by atoms with E-state index < -0.39 is 11.6 Å². The summed E-state index contributed by atoms with van der Waals surface area (Å²) < 4.78 is 0. The van der Waals surface area contributed by atoms with E-state index >= 15 is 0 Å². The van der Waals surface area contributed by atoms with Crippen LogP contribution >= 0.6 is 0 Å². The van der Waals surface area contributed by atoms with Gasteiger partial charge in [-0.2, -0.15) is 0 Å². The monoisotopic (exact) mass is 245 g/mol. The molecule has 0 aliphatic carbocycles. The lowest BCUT2D eigenvalue weighted by Gasteiger charge is -2.33. The number of likely N-dealkylation sites (tertiary alicyclic amines) is 1. The fourth-order valence-corrected chi connectivity index (χ4v) is 2.29. The summed E-state index contributed by atoms with van der Waals surface area (Å²) in [5.74, 6) is -0.0413. The zero-order chi connectivity index (χ0) is 13.2. The molecule has 1 unspecified atom stereocenters. The van der Waals surface area contributed by atoms with E-state index in [4.69, 9.17) is 0 Å². The number of nitrogens with zero attached hydrogens (tertiary/aromatic N) is 1. The molecule has 1 saturated heterocycles. The normalized spacial score (nSPS) is 22.6. The number of carbonyl (C=O) groups excluding carboxylic acids is 1. The predicted octanol–water partition coefficient (Wildman–Crippen LogP) is 2.07. The van der Waals surface area contributed by atoms with Gasteiger partial charge in [-0.1, -0.05) is 30.3 Å². The van der Waals surface area contributed by atoms with Crippen LogP contribution in [0.5, 0.6) is 0 Å². The molecule has 2 rings (SSSR count). The van der Waals surface area contributed by atoms with Crippen LogP contribution < -0.4 is 0 Å². The highest BCUT2D eigenvalue weighted by Gasteiger charge is 2.41. The maximum Gasteiger partial charge on any atom is 0.247 e. The molecule has 0 saturated carbocycles. The Morgan fingerprint density at radius 3 is 2.61 bits per heavy atom. The summed E-state index contributed by atoms with van der Waals surface area (Å²) in [5, 5.41) is 9.84. The molecule has 1 fully saturated rings. The second-order valence-corrected chi connectivity index (χ2v) is 5.19. The molecule has 3 nitrogen and oxygen atoms in total. The van der Waals surface area contributed by atoms with E-state index in [0.29, 0.717) is 13.0 Å². The maximum atomic E-state index is 12.1. The molecule has 1 aromatic rings. The highest BCUT2D eigenvalue weighted by Crippen LogP contribution is 2.29. The zero-order valence-corrected chi connectivity index (χ0v) is 10.8. The number of aliphatic hydroxyl groups is 1. The van der Waals surface area contributed by atoms with E-state index in [0.717, 1.165) is 5.56 Å². The maximum absolute atomic E-state index is 12.1. The Kier molecular flexibility index (Phi) is 3.53. The van der Waals surface area contributed by atoms with Crippen LogP contribution in [0.2, 0.25) is 0 Å². The third kappa shape index (κ3) is 2.46. The Morgan fingerprint density at radius 2 is 2.06 bits per heavy atom. The standard InChI is InChI=1S/C15H19NO2/c1-15(2)13(17)10-11-16(15)14(18)9-8-12-6-4-3-5-7-12/h3-9,13,17H,10-11H2,1-2H3/b9-8+. The van der Waals surface area contributed by atoms with Crippen LogP contribution in [0.15, 0.2) is 36.4 Å². The van der Waals surface area contributed by atoms with Crippen molar-refractivity contribution in [2.24, 2.45) is 0 Å². The summed E-state index contributed by atoms with van der Waals surface area (Å²) in [6.45, 7) is 4.42. The van der Waals surface area contributed by atoms with Gasteiger partial charge in [-0.3, -0.25) is 4.79 Å². The minimum atomic E-state index is -0.474. The molecule has 0 bridgehead atoms. The van der Waals surface area contributed by atoms with Gasteiger partial charge in [0.15, 0.2) is 0 Å². The molecule has 18 heavy (non-hydrogen) atoms. The highest BCUT2D eigenvalue weighted by atomic mass is 16.3. The van der Waals surface area contributed by atoms with Gasteiger partial charge >= 0.3 is 0 Å². The molecule has 1 atom stereocenters. The summed E-state index contributed by atoms with van der Waals surface area (Å²) in [4.78, 5) is 13.8. The van der Waals surface area contributed by atoms with Crippen LogP contribution in [0, 0.1) is 0 Å². The summed E-state index contributed by atoms with van der Waals surface area (Å²) in [7, 11) is 0. The van der Waals surface area contributed by atoms with Gasteiger partial charge in [0.05, 0.1) is 11.6 Å². The minimum Gasteiger partial charge on any atom is -0.391 e. The molecule has 0 aromatic heterocycles. The number of rotatable bonds is 2. The van der Waals surface area contributed by atoms with Crippen molar-refractivity contribution in [1.82, 2.24) is 4.90 Å². The molecule has 1 amide bonds. The van der Waals surface area contributed by atoms with Gasteiger partial charge in [-0.15, -0.1) is 0 Å². The summed E-state index contributed by atoms with van der Waals surface area (Å²) in [5.41, 5.74) is 0.529. The van der Waals surface area contributed by atoms with Crippen LogP contribution in [-0.4, -0.2) is 34.1 Å². The van der Waals surface area contributed by atoms with Gasteiger partial charge in [-0.05, 0) is 31.9 Å². The SMILES string of the molecule is CC1(C)C(O)CCN1C(=O)/C=C/c1ccccc1. The number of aliphatic hydroxyl groups excluding tert-OH is 1. The Balaban J connectivity index is 2.07. The van der Waals surface area contributed by atoms with Crippen molar-refractivity contribution in [2.75, 3.05) is 6.54 Å². The van der Waals surface area contributed by atoms with E-state index in [1.54, 1.807) is 11.0 Å². The van der Waals surface area contributed by atoms with Crippen LogP contribution in [0.4, 0.5) is 0 Å². The number of amides is 1.